The second kappa shape index (κ2) is 5.07. The van der Waals surface area contributed by atoms with Crippen molar-refractivity contribution in [3.63, 3.8) is 0 Å². The van der Waals surface area contributed by atoms with Gasteiger partial charge in [0.15, 0.2) is 5.65 Å². The van der Waals surface area contributed by atoms with Gasteiger partial charge >= 0.3 is 0 Å². The molecule has 1 unspecified atom stereocenters. The smallest absolute Gasteiger partial charge is 0.164 e. The van der Waals surface area contributed by atoms with E-state index in [1.54, 1.807) is 11.0 Å². The predicted molar refractivity (Wildman–Crippen MR) is 79.0 cm³/mol. The lowest BCUT2D eigenvalue weighted by molar-refractivity contribution is 0.609. The first-order valence-corrected chi connectivity index (χ1v) is 7.54. The summed E-state index contributed by atoms with van der Waals surface area (Å²) in [7, 11) is 1.89. The Balaban J connectivity index is 1.79. The topological polar surface area (TPSA) is 55.6 Å². The van der Waals surface area contributed by atoms with E-state index in [4.69, 9.17) is 0 Å². The lowest BCUT2D eigenvalue weighted by Gasteiger charge is -2.14. The summed E-state index contributed by atoms with van der Waals surface area (Å²) in [6, 6.07) is 0.422. The Morgan fingerprint density at radius 2 is 2.26 bits per heavy atom. The van der Waals surface area contributed by atoms with Crippen molar-refractivity contribution in [3.05, 3.63) is 10.9 Å². The number of fused-ring (bicyclic) bond motifs is 1. The van der Waals surface area contributed by atoms with Gasteiger partial charge in [0.05, 0.1) is 5.39 Å². The maximum absolute atomic E-state index is 4.36. The molecule has 0 radical (unpaired) electrons. The third-order valence-electron chi connectivity index (χ3n) is 3.67. The van der Waals surface area contributed by atoms with E-state index < -0.39 is 0 Å². The van der Waals surface area contributed by atoms with Gasteiger partial charge in [0.1, 0.15) is 16.7 Å². The van der Waals surface area contributed by atoms with Crippen molar-refractivity contribution in [2.45, 2.75) is 38.6 Å². The zero-order chi connectivity index (χ0) is 13.4. The zero-order valence-electron chi connectivity index (χ0n) is 11.2. The molecule has 0 amide bonds. The van der Waals surface area contributed by atoms with Crippen LogP contribution in [0.3, 0.4) is 0 Å². The van der Waals surface area contributed by atoms with Crippen molar-refractivity contribution in [1.29, 1.82) is 0 Å². The summed E-state index contributed by atoms with van der Waals surface area (Å²) >= 11 is 3.48. The molecule has 1 saturated carbocycles. The predicted octanol–water partition coefficient (Wildman–Crippen LogP) is 3.12. The van der Waals surface area contributed by atoms with Crippen LogP contribution >= 0.6 is 15.9 Å². The summed E-state index contributed by atoms with van der Waals surface area (Å²) in [6.45, 7) is 2.21. The lowest BCUT2D eigenvalue weighted by Crippen LogP contribution is -2.16. The van der Waals surface area contributed by atoms with Crippen LogP contribution in [0.4, 0.5) is 5.82 Å². The molecule has 6 heteroatoms. The van der Waals surface area contributed by atoms with E-state index in [9.17, 15) is 0 Å². The monoisotopic (exact) mass is 323 g/mol. The number of hydrogen-bond donors (Lipinski definition) is 1. The van der Waals surface area contributed by atoms with E-state index in [1.165, 1.54) is 25.7 Å². The number of hydrogen-bond acceptors (Lipinski definition) is 4. The Labute approximate surface area is 120 Å². The average molecular weight is 324 g/mol. The van der Waals surface area contributed by atoms with Crippen LogP contribution in [0.5, 0.6) is 0 Å². The van der Waals surface area contributed by atoms with E-state index in [0.717, 1.165) is 27.4 Å². The van der Waals surface area contributed by atoms with E-state index in [0.29, 0.717) is 6.04 Å². The standard InChI is InChI=1S/C13H18BrN5/c1-8(3-4-9-5-6-9)17-12-10-11(14)18-19(2)13(10)16-7-15-12/h7-9H,3-6H2,1-2H3,(H,15,16,17). The van der Waals surface area contributed by atoms with Gasteiger partial charge in [0, 0.05) is 13.1 Å². The van der Waals surface area contributed by atoms with Crippen LogP contribution in [0.25, 0.3) is 11.0 Å². The normalized spacial score (nSPS) is 16.8. The van der Waals surface area contributed by atoms with Crippen molar-refractivity contribution < 1.29 is 0 Å². The molecule has 5 nitrogen and oxygen atoms in total. The molecular weight excluding hydrogens is 306 g/mol. The quantitative estimate of drug-likeness (QED) is 0.918. The molecule has 0 aliphatic heterocycles. The molecule has 1 aliphatic rings. The van der Waals surface area contributed by atoms with Crippen LogP contribution in [-0.2, 0) is 7.05 Å². The number of nitrogens with zero attached hydrogens (tertiary/aromatic N) is 4. The van der Waals surface area contributed by atoms with Gasteiger partial charge in [0.25, 0.3) is 0 Å². The van der Waals surface area contributed by atoms with Gasteiger partial charge in [-0.3, -0.25) is 0 Å². The number of aryl methyl sites for hydroxylation is 1. The fraction of sp³-hybridized carbons (Fsp3) is 0.615. The molecule has 1 atom stereocenters. The van der Waals surface area contributed by atoms with Crippen LogP contribution in [0.15, 0.2) is 10.9 Å². The van der Waals surface area contributed by atoms with Crippen LogP contribution < -0.4 is 5.32 Å². The first-order valence-electron chi connectivity index (χ1n) is 6.75. The Bertz CT molecular complexity index is 590. The minimum absolute atomic E-state index is 0.422. The molecule has 2 aromatic rings. The zero-order valence-corrected chi connectivity index (χ0v) is 12.8. The van der Waals surface area contributed by atoms with Crippen LogP contribution in [0, 0.1) is 5.92 Å². The molecular formula is C13H18BrN5. The van der Waals surface area contributed by atoms with Crippen LogP contribution in [0.1, 0.15) is 32.6 Å². The molecule has 0 aromatic carbocycles. The maximum atomic E-state index is 4.36. The van der Waals surface area contributed by atoms with Gasteiger partial charge in [-0.2, -0.15) is 5.10 Å². The first-order chi connectivity index (χ1) is 9.15. The average Bonchev–Trinajstić information content (AvgIpc) is 3.15. The Morgan fingerprint density at radius 1 is 1.47 bits per heavy atom. The molecule has 0 saturated heterocycles. The van der Waals surface area contributed by atoms with Crippen molar-refractivity contribution in [2.24, 2.45) is 13.0 Å². The van der Waals surface area contributed by atoms with E-state index in [-0.39, 0.29) is 0 Å². The molecule has 1 aliphatic carbocycles. The number of halogens is 1. The van der Waals surface area contributed by atoms with Crippen molar-refractivity contribution in [1.82, 2.24) is 19.7 Å². The molecule has 3 rings (SSSR count). The SMILES string of the molecule is CC(CCC1CC1)Nc1ncnc2c1c(Br)nn2C. The van der Waals surface area contributed by atoms with Gasteiger partial charge in [0.2, 0.25) is 0 Å². The summed E-state index contributed by atoms with van der Waals surface area (Å²) < 4.78 is 2.56. The molecule has 0 spiro atoms. The van der Waals surface area contributed by atoms with Gasteiger partial charge in [-0.1, -0.05) is 12.8 Å². The van der Waals surface area contributed by atoms with Crippen LogP contribution in [-0.4, -0.2) is 25.8 Å². The lowest BCUT2D eigenvalue weighted by atomic mass is 10.1. The molecule has 2 aromatic heterocycles. The Hall–Kier alpha value is -1.17. The summed E-state index contributed by atoms with van der Waals surface area (Å²) in [5, 5.41) is 8.78. The highest BCUT2D eigenvalue weighted by Gasteiger charge is 2.22. The second-order valence-electron chi connectivity index (χ2n) is 5.40. The molecule has 1 fully saturated rings. The van der Waals surface area contributed by atoms with Gasteiger partial charge in [-0.15, -0.1) is 0 Å². The van der Waals surface area contributed by atoms with Crippen molar-refractivity contribution >= 4 is 32.8 Å². The first kappa shape index (κ1) is 12.8. The van der Waals surface area contributed by atoms with Crippen molar-refractivity contribution in [3.8, 4) is 0 Å². The molecule has 0 bridgehead atoms. The van der Waals surface area contributed by atoms with Gasteiger partial charge in [-0.25, -0.2) is 14.6 Å². The summed E-state index contributed by atoms with van der Waals surface area (Å²) in [6.07, 6.45) is 6.92. The third kappa shape index (κ3) is 2.73. The highest BCUT2D eigenvalue weighted by molar-refractivity contribution is 9.10. The summed E-state index contributed by atoms with van der Waals surface area (Å²) in [5.74, 6) is 1.84. The fourth-order valence-corrected chi connectivity index (χ4v) is 2.95. The minimum Gasteiger partial charge on any atom is -0.367 e. The summed E-state index contributed by atoms with van der Waals surface area (Å²) in [4.78, 5) is 8.63. The highest BCUT2D eigenvalue weighted by Crippen LogP contribution is 2.34. The number of rotatable bonds is 5. The number of nitrogens with one attached hydrogen (secondary N) is 1. The van der Waals surface area contributed by atoms with Crippen molar-refractivity contribution in [2.75, 3.05) is 5.32 Å². The second-order valence-corrected chi connectivity index (χ2v) is 6.15. The largest absolute Gasteiger partial charge is 0.367 e. The highest BCUT2D eigenvalue weighted by atomic mass is 79.9. The summed E-state index contributed by atoms with van der Waals surface area (Å²) in [5.41, 5.74) is 0.846. The minimum atomic E-state index is 0.422. The fourth-order valence-electron chi connectivity index (χ4n) is 2.35. The Morgan fingerprint density at radius 3 is 3.00 bits per heavy atom. The number of anilines is 1. The van der Waals surface area contributed by atoms with E-state index >= 15 is 0 Å². The molecule has 2 heterocycles. The van der Waals surface area contributed by atoms with E-state index in [2.05, 4.69) is 43.2 Å². The maximum Gasteiger partial charge on any atom is 0.164 e. The molecule has 102 valence electrons. The molecule has 1 N–H and O–H groups in total. The molecule has 19 heavy (non-hydrogen) atoms. The Kier molecular flexibility index (Phi) is 3.43. The number of aromatic nitrogens is 4. The van der Waals surface area contributed by atoms with Gasteiger partial charge < -0.3 is 5.32 Å². The van der Waals surface area contributed by atoms with E-state index in [1.807, 2.05) is 7.05 Å². The van der Waals surface area contributed by atoms with Gasteiger partial charge in [-0.05, 0) is 41.6 Å². The van der Waals surface area contributed by atoms with Crippen LogP contribution in [0.2, 0.25) is 0 Å². The third-order valence-corrected chi connectivity index (χ3v) is 4.22.